The fourth-order valence-electron chi connectivity index (χ4n) is 2.44. The Kier molecular flexibility index (Phi) is 5.88. The highest BCUT2D eigenvalue weighted by Gasteiger charge is 2.19. The van der Waals surface area contributed by atoms with Crippen LogP contribution in [0.2, 0.25) is 5.02 Å². The van der Waals surface area contributed by atoms with Crippen LogP contribution in [-0.4, -0.2) is 49.6 Å². The molecule has 1 heterocycles. The first-order valence-corrected chi connectivity index (χ1v) is 7.98. The minimum atomic E-state index is 0.129. The number of hydrogen-bond donors (Lipinski definition) is 1. The van der Waals surface area contributed by atoms with Gasteiger partial charge in [-0.3, -0.25) is 9.69 Å². The molecule has 4 nitrogen and oxygen atoms in total. The Hall–Kier alpha value is -1.26. The average molecular weight is 310 g/mol. The zero-order valence-electron chi connectivity index (χ0n) is 12.8. The van der Waals surface area contributed by atoms with Gasteiger partial charge in [0.15, 0.2) is 0 Å². The van der Waals surface area contributed by atoms with E-state index in [2.05, 4.69) is 22.0 Å². The number of piperazine rings is 1. The summed E-state index contributed by atoms with van der Waals surface area (Å²) < 4.78 is 0. The van der Waals surface area contributed by atoms with Gasteiger partial charge in [-0.15, -0.1) is 0 Å². The summed E-state index contributed by atoms with van der Waals surface area (Å²) in [5.41, 5.74) is 1.20. The van der Waals surface area contributed by atoms with Crippen molar-refractivity contribution in [2.24, 2.45) is 0 Å². The van der Waals surface area contributed by atoms with E-state index in [1.807, 2.05) is 31.2 Å². The van der Waals surface area contributed by atoms with E-state index in [1.54, 1.807) is 0 Å². The highest BCUT2D eigenvalue weighted by molar-refractivity contribution is 6.30. The van der Waals surface area contributed by atoms with Gasteiger partial charge in [0.2, 0.25) is 5.91 Å². The van der Waals surface area contributed by atoms with Crippen molar-refractivity contribution in [3.8, 4) is 0 Å². The predicted octanol–water partition coefficient (Wildman–Crippen LogP) is 2.38. The van der Waals surface area contributed by atoms with E-state index in [9.17, 15) is 4.79 Å². The van der Waals surface area contributed by atoms with Crippen molar-refractivity contribution < 1.29 is 4.79 Å². The van der Waals surface area contributed by atoms with Crippen LogP contribution in [0.25, 0.3) is 0 Å². The van der Waals surface area contributed by atoms with E-state index < -0.39 is 0 Å². The molecule has 1 N–H and O–H groups in total. The van der Waals surface area contributed by atoms with Crippen LogP contribution in [0.5, 0.6) is 0 Å². The van der Waals surface area contributed by atoms with Crippen molar-refractivity contribution in [2.45, 2.75) is 26.3 Å². The van der Waals surface area contributed by atoms with Crippen LogP contribution in [0.4, 0.5) is 5.69 Å². The molecular weight excluding hydrogens is 286 g/mol. The molecule has 0 aromatic heterocycles. The lowest BCUT2D eigenvalue weighted by Crippen LogP contribution is -2.50. The zero-order chi connectivity index (χ0) is 15.2. The number of carbonyl (C=O) groups excluding carboxylic acids is 1. The summed E-state index contributed by atoms with van der Waals surface area (Å²) in [5, 5.41) is 3.78. The lowest BCUT2D eigenvalue weighted by molar-refractivity contribution is -0.122. The fraction of sp³-hybridized carbons (Fsp3) is 0.562. The SMILES string of the molecule is CC[C@H](C)NC(=O)CN1CCN(c2ccc(Cl)cc2)CC1. The molecule has 0 spiro atoms. The largest absolute Gasteiger partial charge is 0.369 e. The van der Waals surface area contributed by atoms with Crippen LogP contribution >= 0.6 is 11.6 Å². The molecule has 2 rings (SSSR count). The highest BCUT2D eigenvalue weighted by Crippen LogP contribution is 2.19. The number of anilines is 1. The van der Waals surface area contributed by atoms with Gasteiger partial charge in [0.25, 0.3) is 0 Å². The molecule has 1 aliphatic rings. The number of carbonyl (C=O) groups is 1. The van der Waals surface area contributed by atoms with Gasteiger partial charge in [-0.05, 0) is 37.6 Å². The third kappa shape index (κ3) is 4.90. The van der Waals surface area contributed by atoms with Crippen molar-refractivity contribution in [3.05, 3.63) is 29.3 Å². The summed E-state index contributed by atoms with van der Waals surface area (Å²) in [6, 6.07) is 8.19. The second kappa shape index (κ2) is 7.66. The minimum absolute atomic E-state index is 0.129. The van der Waals surface area contributed by atoms with Gasteiger partial charge in [-0.1, -0.05) is 18.5 Å². The number of rotatable bonds is 5. The van der Waals surface area contributed by atoms with Crippen molar-refractivity contribution in [1.82, 2.24) is 10.2 Å². The molecule has 21 heavy (non-hydrogen) atoms. The molecule has 1 amide bonds. The smallest absolute Gasteiger partial charge is 0.234 e. The van der Waals surface area contributed by atoms with Crippen LogP contribution in [0, 0.1) is 0 Å². The third-order valence-corrected chi connectivity index (χ3v) is 4.20. The maximum Gasteiger partial charge on any atom is 0.234 e. The number of amides is 1. The minimum Gasteiger partial charge on any atom is -0.369 e. The number of nitrogens with one attached hydrogen (secondary N) is 1. The van der Waals surface area contributed by atoms with Crippen LogP contribution in [0.3, 0.4) is 0 Å². The number of halogens is 1. The lowest BCUT2D eigenvalue weighted by Gasteiger charge is -2.35. The lowest BCUT2D eigenvalue weighted by atomic mass is 10.2. The van der Waals surface area contributed by atoms with Crippen molar-refractivity contribution in [3.63, 3.8) is 0 Å². The molecule has 0 radical (unpaired) electrons. The maximum absolute atomic E-state index is 11.9. The summed E-state index contributed by atoms with van der Waals surface area (Å²) in [5.74, 6) is 0.129. The van der Waals surface area contributed by atoms with E-state index in [1.165, 1.54) is 5.69 Å². The van der Waals surface area contributed by atoms with E-state index in [-0.39, 0.29) is 11.9 Å². The van der Waals surface area contributed by atoms with E-state index in [0.29, 0.717) is 6.54 Å². The highest BCUT2D eigenvalue weighted by atomic mass is 35.5. The van der Waals surface area contributed by atoms with Gasteiger partial charge in [-0.2, -0.15) is 0 Å². The summed E-state index contributed by atoms with van der Waals surface area (Å²) in [6.07, 6.45) is 0.968. The van der Waals surface area contributed by atoms with Gasteiger partial charge in [0.1, 0.15) is 0 Å². The molecular formula is C16H24ClN3O. The topological polar surface area (TPSA) is 35.6 Å². The average Bonchev–Trinajstić information content (AvgIpc) is 2.48. The molecule has 1 atom stereocenters. The quantitative estimate of drug-likeness (QED) is 0.907. The van der Waals surface area contributed by atoms with E-state index in [0.717, 1.165) is 37.6 Å². The molecule has 0 unspecified atom stereocenters. The van der Waals surface area contributed by atoms with Crippen molar-refractivity contribution in [1.29, 1.82) is 0 Å². The van der Waals surface area contributed by atoms with Crippen LogP contribution in [0.1, 0.15) is 20.3 Å². The first-order chi connectivity index (χ1) is 10.1. The van der Waals surface area contributed by atoms with Gasteiger partial charge >= 0.3 is 0 Å². The number of hydrogen-bond acceptors (Lipinski definition) is 3. The molecule has 1 aromatic rings. The second-order valence-electron chi connectivity index (χ2n) is 5.62. The van der Waals surface area contributed by atoms with Gasteiger partial charge in [-0.25, -0.2) is 0 Å². The molecule has 1 saturated heterocycles. The molecule has 1 fully saturated rings. The Morgan fingerprint density at radius 2 is 1.86 bits per heavy atom. The normalized spacial score (nSPS) is 17.6. The summed E-state index contributed by atoms with van der Waals surface area (Å²) in [4.78, 5) is 16.4. The molecule has 5 heteroatoms. The zero-order valence-corrected chi connectivity index (χ0v) is 13.6. The van der Waals surface area contributed by atoms with Crippen LogP contribution in [0.15, 0.2) is 24.3 Å². The third-order valence-electron chi connectivity index (χ3n) is 3.95. The summed E-state index contributed by atoms with van der Waals surface area (Å²) in [7, 11) is 0. The Morgan fingerprint density at radius 3 is 2.43 bits per heavy atom. The molecule has 0 saturated carbocycles. The van der Waals surface area contributed by atoms with Gasteiger partial charge < -0.3 is 10.2 Å². The summed E-state index contributed by atoms with van der Waals surface area (Å²) >= 11 is 5.91. The van der Waals surface area contributed by atoms with E-state index in [4.69, 9.17) is 11.6 Å². The van der Waals surface area contributed by atoms with Crippen LogP contribution in [-0.2, 0) is 4.79 Å². The Morgan fingerprint density at radius 1 is 1.24 bits per heavy atom. The molecule has 1 aliphatic heterocycles. The number of benzene rings is 1. The Bertz CT molecular complexity index is 455. The van der Waals surface area contributed by atoms with Gasteiger partial charge in [0, 0.05) is 42.9 Å². The maximum atomic E-state index is 11.9. The van der Waals surface area contributed by atoms with Crippen molar-refractivity contribution in [2.75, 3.05) is 37.6 Å². The number of nitrogens with zero attached hydrogens (tertiary/aromatic N) is 2. The van der Waals surface area contributed by atoms with Gasteiger partial charge in [0.05, 0.1) is 6.54 Å². The Balaban J connectivity index is 1.78. The predicted molar refractivity (Wildman–Crippen MR) is 88.0 cm³/mol. The summed E-state index contributed by atoms with van der Waals surface area (Å²) in [6.45, 7) is 8.33. The molecule has 0 bridgehead atoms. The molecule has 0 aliphatic carbocycles. The first-order valence-electron chi connectivity index (χ1n) is 7.60. The van der Waals surface area contributed by atoms with E-state index >= 15 is 0 Å². The standard InChI is InChI=1S/C16H24ClN3O/c1-3-13(2)18-16(21)12-19-8-10-20(11-9-19)15-6-4-14(17)5-7-15/h4-7,13H,3,8-12H2,1-2H3,(H,18,21)/t13-/m0/s1. The van der Waals surface area contributed by atoms with Crippen molar-refractivity contribution >= 4 is 23.2 Å². The monoisotopic (exact) mass is 309 g/mol. The second-order valence-corrected chi connectivity index (χ2v) is 6.05. The first kappa shape index (κ1) is 16.1. The Labute approximate surface area is 132 Å². The van der Waals surface area contributed by atoms with Crippen LogP contribution < -0.4 is 10.2 Å². The molecule has 1 aromatic carbocycles. The fourth-order valence-corrected chi connectivity index (χ4v) is 2.57. The molecule has 116 valence electrons.